The Hall–Kier alpha value is -4.54. The van der Waals surface area contributed by atoms with Gasteiger partial charge in [-0.05, 0) is 63.4 Å². The minimum absolute atomic E-state index is 0.126. The van der Waals surface area contributed by atoms with Gasteiger partial charge in [0.15, 0.2) is 16.5 Å². The molecule has 2 aromatic carbocycles. The monoisotopic (exact) mass is 714 g/mol. The summed E-state index contributed by atoms with van der Waals surface area (Å²) in [6.45, 7) is 6.21. The lowest BCUT2D eigenvalue weighted by Gasteiger charge is -2.35. The number of aromatic nitrogens is 2. The summed E-state index contributed by atoms with van der Waals surface area (Å²) in [4.78, 5) is 34.6. The Labute approximate surface area is 292 Å². The fraction of sp³-hybridized carbons (Fsp3) is 0.500. The number of hydrogen-bond acceptors (Lipinski definition) is 10. The van der Waals surface area contributed by atoms with E-state index in [2.05, 4.69) is 15.0 Å². The largest absolute Gasteiger partial charge is 0.490 e. The number of likely N-dealkylation sites (N-methyl/N-ethyl adjacent to an activating group) is 1. The number of aliphatic hydroxyl groups is 1. The van der Waals surface area contributed by atoms with Crippen LogP contribution in [0.1, 0.15) is 50.4 Å². The van der Waals surface area contributed by atoms with Crippen molar-refractivity contribution >= 4 is 33.3 Å². The van der Waals surface area contributed by atoms with Crippen molar-refractivity contribution in [1.29, 1.82) is 0 Å². The SMILES string of the molecule is C[C@@H]1CCCCO[C@@H](CN(C)C(=O)Nc2ccc3c(c2)OCO3)[C@H](C)CN([C@@H](C)CO)C(=O)c2cc(NS(=O)(=O)c3cn(C)cn3)ccc2O1. The van der Waals surface area contributed by atoms with Crippen LogP contribution in [0, 0.1) is 5.92 Å². The molecule has 3 amide bonds. The lowest BCUT2D eigenvalue weighted by atomic mass is 10.0. The van der Waals surface area contributed by atoms with Crippen LogP contribution < -0.4 is 24.2 Å². The predicted molar refractivity (Wildman–Crippen MR) is 185 cm³/mol. The number of nitrogens with one attached hydrogen (secondary N) is 2. The Morgan fingerprint density at radius 2 is 1.84 bits per heavy atom. The van der Waals surface area contributed by atoms with Crippen LogP contribution in [0.3, 0.4) is 0 Å². The van der Waals surface area contributed by atoms with Crippen molar-refractivity contribution in [3.8, 4) is 17.2 Å². The number of anilines is 2. The Bertz CT molecular complexity index is 1770. The number of hydrogen-bond donors (Lipinski definition) is 3. The van der Waals surface area contributed by atoms with Gasteiger partial charge in [-0.15, -0.1) is 0 Å². The standard InChI is InChI=1S/C34H46N6O9S/c1-22-16-40(23(2)19-41)33(42)27-14-26(37-50(44,45)32-18-38(4)20-35-32)10-11-28(27)49-24(3)8-6-7-13-46-31(22)17-39(5)34(43)36-25-9-12-29-30(15-25)48-21-47-29/h9-12,14-15,18,20,22-24,31,37,41H,6-8,13,16-17,19,21H2,1-5H3,(H,36,43)/t22-,23+,24-,31+/m1/s1. The van der Waals surface area contributed by atoms with Crippen LogP contribution in [-0.4, -0.2) is 103 Å². The maximum Gasteiger partial charge on any atom is 0.321 e. The number of aliphatic hydroxyl groups excluding tert-OH is 1. The van der Waals surface area contributed by atoms with E-state index < -0.39 is 28.1 Å². The van der Waals surface area contributed by atoms with Crippen LogP contribution in [0.2, 0.25) is 0 Å². The average molecular weight is 715 g/mol. The number of aryl methyl sites for hydroxylation is 1. The van der Waals surface area contributed by atoms with Crippen molar-refractivity contribution in [3.05, 3.63) is 54.5 Å². The van der Waals surface area contributed by atoms with Gasteiger partial charge in [0, 0.05) is 63.3 Å². The van der Waals surface area contributed by atoms with Gasteiger partial charge in [0.05, 0.1) is 36.7 Å². The molecule has 0 fully saturated rings. The maximum absolute atomic E-state index is 14.4. The smallest absolute Gasteiger partial charge is 0.321 e. The van der Waals surface area contributed by atoms with Gasteiger partial charge in [-0.3, -0.25) is 9.52 Å². The second-order valence-electron chi connectivity index (χ2n) is 12.9. The number of amides is 3. The minimum atomic E-state index is -4.04. The molecule has 272 valence electrons. The van der Waals surface area contributed by atoms with Crippen LogP contribution in [-0.2, 0) is 21.8 Å². The van der Waals surface area contributed by atoms with E-state index in [0.29, 0.717) is 36.0 Å². The fourth-order valence-corrected chi connectivity index (χ4v) is 6.76. The summed E-state index contributed by atoms with van der Waals surface area (Å²) < 4.78 is 53.6. The molecule has 0 aliphatic carbocycles. The van der Waals surface area contributed by atoms with Crippen LogP contribution in [0.5, 0.6) is 17.2 Å². The second kappa shape index (κ2) is 16.0. The summed E-state index contributed by atoms with van der Waals surface area (Å²) >= 11 is 0. The van der Waals surface area contributed by atoms with Gasteiger partial charge in [-0.1, -0.05) is 6.92 Å². The molecule has 15 nitrogen and oxygen atoms in total. The number of benzene rings is 2. The second-order valence-corrected chi connectivity index (χ2v) is 14.5. The lowest BCUT2D eigenvalue weighted by molar-refractivity contribution is -0.0115. The third-order valence-corrected chi connectivity index (χ3v) is 9.95. The highest BCUT2D eigenvalue weighted by Gasteiger charge is 2.31. The van der Waals surface area contributed by atoms with Gasteiger partial charge in [0.1, 0.15) is 5.75 Å². The van der Waals surface area contributed by atoms with Crippen molar-refractivity contribution in [1.82, 2.24) is 19.4 Å². The first-order chi connectivity index (χ1) is 23.8. The molecule has 50 heavy (non-hydrogen) atoms. The topological polar surface area (TPSA) is 174 Å². The van der Waals surface area contributed by atoms with E-state index in [1.54, 1.807) is 51.4 Å². The van der Waals surface area contributed by atoms with Crippen LogP contribution in [0.4, 0.5) is 16.2 Å². The quantitative estimate of drug-likeness (QED) is 0.311. The van der Waals surface area contributed by atoms with Crippen molar-refractivity contribution in [2.24, 2.45) is 13.0 Å². The zero-order valence-electron chi connectivity index (χ0n) is 29.0. The molecule has 16 heteroatoms. The normalized spacial score (nSPS) is 20.6. The third kappa shape index (κ3) is 8.97. The Morgan fingerprint density at radius 3 is 2.58 bits per heavy atom. The minimum Gasteiger partial charge on any atom is -0.490 e. The van der Waals surface area contributed by atoms with Crippen molar-refractivity contribution in [3.63, 3.8) is 0 Å². The first kappa shape index (κ1) is 36.7. The highest BCUT2D eigenvalue weighted by Crippen LogP contribution is 2.34. The molecule has 3 N–H and O–H groups in total. The number of nitrogens with zero attached hydrogens (tertiary/aromatic N) is 4. The number of urea groups is 1. The van der Waals surface area contributed by atoms with Crippen molar-refractivity contribution in [2.45, 2.75) is 63.3 Å². The molecule has 3 heterocycles. The molecule has 3 aromatic rings. The Morgan fingerprint density at radius 1 is 1.10 bits per heavy atom. The van der Waals surface area contributed by atoms with E-state index in [-0.39, 0.29) is 60.8 Å². The van der Waals surface area contributed by atoms with E-state index in [1.807, 2.05) is 13.8 Å². The highest BCUT2D eigenvalue weighted by atomic mass is 32.2. The molecule has 0 bridgehead atoms. The molecule has 2 aliphatic heterocycles. The predicted octanol–water partition coefficient (Wildman–Crippen LogP) is 3.91. The average Bonchev–Trinajstić information content (AvgIpc) is 3.75. The third-order valence-electron chi connectivity index (χ3n) is 8.68. The van der Waals surface area contributed by atoms with Crippen LogP contribution in [0.25, 0.3) is 0 Å². The molecule has 0 saturated carbocycles. The number of sulfonamides is 1. The van der Waals surface area contributed by atoms with E-state index >= 15 is 0 Å². The van der Waals surface area contributed by atoms with Gasteiger partial charge in [-0.25, -0.2) is 9.78 Å². The molecule has 1 aromatic heterocycles. The first-order valence-electron chi connectivity index (χ1n) is 16.6. The van der Waals surface area contributed by atoms with E-state index in [0.717, 1.165) is 12.8 Å². The number of ether oxygens (including phenoxy) is 4. The summed E-state index contributed by atoms with van der Waals surface area (Å²) in [5.74, 6) is 0.723. The number of fused-ring (bicyclic) bond motifs is 2. The maximum atomic E-state index is 14.4. The number of rotatable bonds is 8. The summed E-state index contributed by atoms with van der Waals surface area (Å²) in [5, 5.41) is 13.0. The summed E-state index contributed by atoms with van der Waals surface area (Å²) in [5.41, 5.74) is 0.845. The zero-order chi connectivity index (χ0) is 36.0. The molecular weight excluding hydrogens is 668 g/mol. The van der Waals surface area contributed by atoms with Crippen molar-refractivity contribution in [2.75, 3.05) is 50.2 Å². The van der Waals surface area contributed by atoms with Gasteiger partial charge in [-0.2, -0.15) is 8.42 Å². The molecule has 0 saturated heterocycles. The highest BCUT2D eigenvalue weighted by molar-refractivity contribution is 7.92. The summed E-state index contributed by atoms with van der Waals surface area (Å²) in [6.07, 6.45) is 4.26. The Balaban J connectivity index is 1.38. The first-order valence-corrected chi connectivity index (χ1v) is 18.1. The lowest BCUT2D eigenvalue weighted by Crippen LogP contribution is -2.48. The van der Waals surface area contributed by atoms with E-state index in [9.17, 15) is 23.1 Å². The molecule has 0 spiro atoms. The summed E-state index contributed by atoms with van der Waals surface area (Å²) in [7, 11) is -0.706. The summed E-state index contributed by atoms with van der Waals surface area (Å²) in [6, 6.07) is 8.78. The number of carbonyl (C=O) groups is 2. The molecule has 2 aliphatic rings. The molecular formula is C34H46N6O9S. The van der Waals surface area contributed by atoms with Gasteiger partial charge in [0.2, 0.25) is 6.79 Å². The van der Waals surface area contributed by atoms with Gasteiger partial charge >= 0.3 is 6.03 Å². The van der Waals surface area contributed by atoms with E-state index in [1.165, 1.54) is 33.0 Å². The molecule has 0 unspecified atom stereocenters. The van der Waals surface area contributed by atoms with Crippen molar-refractivity contribution < 1.29 is 42.1 Å². The van der Waals surface area contributed by atoms with Crippen LogP contribution in [0.15, 0.2) is 53.9 Å². The molecule has 4 atom stereocenters. The van der Waals surface area contributed by atoms with Gasteiger partial charge < -0.3 is 43.7 Å². The van der Waals surface area contributed by atoms with Crippen LogP contribution >= 0.6 is 0 Å². The number of carbonyl (C=O) groups excluding carboxylic acids is 2. The number of imidazole rings is 1. The zero-order valence-corrected chi connectivity index (χ0v) is 29.8. The fourth-order valence-electron chi connectivity index (χ4n) is 5.73. The molecule has 0 radical (unpaired) electrons. The van der Waals surface area contributed by atoms with Gasteiger partial charge in [0.25, 0.3) is 15.9 Å². The molecule has 5 rings (SSSR count). The van der Waals surface area contributed by atoms with E-state index in [4.69, 9.17) is 18.9 Å². The Kier molecular flexibility index (Phi) is 11.8.